The van der Waals surface area contributed by atoms with Gasteiger partial charge in [-0.25, -0.2) is 13.6 Å². The first kappa shape index (κ1) is 17.9. The summed E-state index contributed by atoms with van der Waals surface area (Å²) in [5, 5.41) is 2.45. The van der Waals surface area contributed by atoms with Gasteiger partial charge in [0.15, 0.2) is 0 Å². The van der Waals surface area contributed by atoms with Gasteiger partial charge in [0, 0.05) is 13.0 Å². The fraction of sp³-hybridized carbons (Fsp3) is 0.846. The van der Waals surface area contributed by atoms with Crippen LogP contribution in [0.2, 0.25) is 0 Å². The van der Waals surface area contributed by atoms with Crippen molar-refractivity contribution in [1.29, 1.82) is 0 Å². The zero-order valence-corrected chi connectivity index (χ0v) is 13.4. The lowest BCUT2D eigenvalue weighted by atomic mass is 9.98. The molecule has 0 radical (unpaired) electrons. The summed E-state index contributed by atoms with van der Waals surface area (Å²) in [7, 11) is 0. The van der Waals surface area contributed by atoms with Crippen molar-refractivity contribution in [2.75, 3.05) is 19.0 Å². The van der Waals surface area contributed by atoms with Crippen LogP contribution in [0.5, 0.6) is 0 Å². The van der Waals surface area contributed by atoms with E-state index in [1.54, 1.807) is 20.8 Å². The van der Waals surface area contributed by atoms with Gasteiger partial charge in [-0.05, 0) is 27.7 Å². The summed E-state index contributed by atoms with van der Waals surface area (Å²) >= 11 is 5.36. The number of amides is 2. The van der Waals surface area contributed by atoms with Gasteiger partial charge in [-0.15, -0.1) is 11.6 Å². The number of nitrogens with one attached hydrogen (secondary N) is 1. The second-order valence-corrected chi connectivity index (χ2v) is 6.77. The minimum Gasteiger partial charge on any atom is -0.444 e. The highest BCUT2D eigenvalue weighted by Gasteiger charge is 2.55. The molecule has 0 aromatic carbocycles. The Balaban J connectivity index is 2.87. The van der Waals surface area contributed by atoms with E-state index in [1.807, 2.05) is 0 Å². The Morgan fingerprint density at radius 3 is 2.43 bits per heavy atom. The molecule has 1 heterocycles. The molecular formula is C13H21ClF2N2O3. The minimum absolute atomic E-state index is 0.104. The number of nitrogens with zero attached hydrogens (tertiary/aromatic N) is 1. The second-order valence-electron chi connectivity index (χ2n) is 6.51. The quantitative estimate of drug-likeness (QED) is 0.810. The van der Waals surface area contributed by atoms with Gasteiger partial charge in [0.1, 0.15) is 11.5 Å². The molecule has 2 amide bonds. The van der Waals surface area contributed by atoms with E-state index in [2.05, 4.69) is 5.32 Å². The zero-order valence-electron chi connectivity index (χ0n) is 12.6. The number of likely N-dealkylation sites (tertiary alicyclic amines) is 1. The zero-order chi connectivity index (χ0) is 16.5. The number of ether oxygens (including phenoxy) is 1. The third-order valence-corrected chi connectivity index (χ3v) is 3.32. The molecule has 1 aliphatic rings. The van der Waals surface area contributed by atoms with Crippen molar-refractivity contribution in [3.63, 3.8) is 0 Å². The van der Waals surface area contributed by atoms with Crippen molar-refractivity contribution in [3.8, 4) is 0 Å². The molecule has 0 aromatic rings. The summed E-state index contributed by atoms with van der Waals surface area (Å²) in [6.45, 7) is 5.64. The Kier molecular flexibility index (Phi) is 5.08. The Bertz CT molecular complexity index is 426. The van der Waals surface area contributed by atoms with Gasteiger partial charge in [-0.1, -0.05) is 0 Å². The van der Waals surface area contributed by atoms with E-state index in [1.165, 1.54) is 6.92 Å². The average Bonchev–Trinajstić information content (AvgIpc) is 2.55. The van der Waals surface area contributed by atoms with Crippen LogP contribution in [0.1, 0.15) is 34.1 Å². The lowest BCUT2D eigenvalue weighted by Gasteiger charge is -2.35. The fourth-order valence-electron chi connectivity index (χ4n) is 2.23. The molecule has 1 N–H and O–H groups in total. The number of alkyl halides is 3. The number of halogens is 3. The lowest BCUT2D eigenvalue weighted by Crippen LogP contribution is -2.53. The number of carbonyl (C=O) groups excluding carboxylic acids is 2. The molecule has 0 saturated carbocycles. The van der Waals surface area contributed by atoms with Crippen LogP contribution in [0, 0.1) is 0 Å². The monoisotopic (exact) mass is 326 g/mol. The Morgan fingerprint density at radius 2 is 1.95 bits per heavy atom. The average molecular weight is 327 g/mol. The van der Waals surface area contributed by atoms with Crippen LogP contribution in [-0.4, -0.2) is 52.9 Å². The van der Waals surface area contributed by atoms with Crippen LogP contribution in [0.3, 0.4) is 0 Å². The predicted octanol–water partition coefficient (Wildman–Crippen LogP) is 2.38. The van der Waals surface area contributed by atoms with Gasteiger partial charge >= 0.3 is 6.09 Å². The molecule has 1 unspecified atom stereocenters. The number of rotatable bonds is 3. The van der Waals surface area contributed by atoms with Crippen LogP contribution in [0.4, 0.5) is 13.6 Å². The van der Waals surface area contributed by atoms with E-state index in [9.17, 15) is 18.4 Å². The molecular weight excluding hydrogens is 306 g/mol. The molecule has 1 aliphatic heterocycles. The maximum Gasteiger partial charge on any atom is 0.411 e. The predicted molar refractivity (Wildman–Crippen MR) is 74.6 cm³/mol. The van der Waals surface area contributed by atoms with Gasteiger partial charge in [0.2, 0.25) is 5.91 Å². The molecule has 0 bridgehead atoms. The second kappa shape index (κ2) is 5.94. The maximum atomic E-state index is 13.7. The Hall–Kier alpha value is -1.11. The van der Waals surface area contributed by atoms with Crippen LogP contribution in [0.25, 0.3) is 0 Å². The normalized spacial score (nSPS) is 24.8. The highest BCUT2D eigenvalue weighted by Crippen LogP contribution is 2.39. The minimum atomic E-state index is -3.02. The molecule has 8 heteroatoms. The highest BCUT2D eigenvalue weighted by molar-refractivity contribution is 6.27. The summed E-state index contributed by atoms with van der Waals surface area (Å²) in [4.78, 5) is 24.3. The molecule has 0 spiro atoms. The van der Waals surface area contributed by atoms with E-state index >= 15 is 0 Å². The molecule has 1 saturated heterocycles. The summed E-state index contributed by atoms with van der Waals surface area (Å²) in [6, 6.07) is 0. The van der Waals surface area contributed by atoms with E-state index in [0.29, 0.717) is 0 Å². The van der Waals surface area contributed by atoms with Gasteiger partial charge in [-0.3, -0.25) is 9.69 Å². The van der Waals surface area contributed by atoms with E-state index in [-0.39, 0.29) is 12.4 Å². The molecule has 0 aromatic heterocycles. The van der Waals surface area contributed by atoms with Crippen molar-refractivity contribution in [2.45, 2.75) is 51.2 Å². The standard InChI is InChI=1S/C13H21ClF2N2O3/c1-11(2,3)21-10(20)18-8-13(15,16)6-12(18,4)7-17-9(19)5-14/h5-8H2,1-4H3,(H,17,19). The molecule has 122 valence electrons. The van der Waals surface area contributed by atoms with Crippen molar-refractivity contribution in [2.24, 2.45) is 0 Å². The molecule has 21 heavy (non-hydrogen) atoms. The Labute approximate surface area is 127 Å². The van der Waals surface area contributed by atoms with Crippen molar-refractivity contribution < 1.29 is 23.1 Å². The van der Waals surface area contributed by atoms with Crippen molar-refractivity contribution in [3.05, 3.63) is 0 Å². The number of carbonyl (C=O) groups is 2. The first-order chi connectivity index (χ1) is 9.38. The highest BCUT2D eigenvalue weighted by atomic mass is 35.5. The van der Waals surface area contributed by atoms with Crippen LogP contribution >= 0.6 is 11.6 Å². The fourth-order valence-corrected chi connectivity index (χ4v) is 2.32. The summed E-state index contributed by atoms with van der Waals surface area (Å²) in [5.74, 6) is -3.76. The van der Waals surface area contributed by atoms with Gasteiger partial charge in [0.25, 0.3) is 5.92 Å². The van der Waals surface area contributed by atoms with Crippen LogP contribution in [-0.2, 0) is 9.53 Å². The van der Waals surface area contributed by atoms with E-state index in [0.717, 1.165) is 4.90 Å². The molecule has 1 rings (SSSR count). The smallest absolute Gasteiger partial charge is 0.411 e. The van der Waals surface area contributed by atoms with Gasteiger partial charge < -0.3 is 10.1 Å². The Morgan fingerprint density at radius 1 is 1.38 bits per heavy atom. The van der Waals surface area contributed by atoms with Gasteiger partial charge in [0.05, 0.1) is 12.1 Å². The van der Waals surface area contributed by atoms with E-state index < -0.39 is 42.0 Å². The summed E-state index contributed by atoms with van der Waals surface area (Å²) < 4.78 is 32.6. The molecule has 1 atom stereocenters. The SMILES string of the molecule is CC(C)(C)OC(=O)N1CC(F)(F)CC1(C)CNC(=O)CCl. The number of hydrogen-bond donors (Lipinski definition) is 1. The third-order valence-electron chi connectivity index (χ3n) is 3.08. The first-order valence-corrected chi connectivity index (χ1v) is 7.13. The first-order valence-electron chi connectivity index (χ1n) is 6.60. The van der Waals surface area contributed by atoms with Gasteiger partial charge in [-0.2, -0.15) is 0 Å². The van der Waals surface area contributed by atoms with Crippen molar-refractivity contribution in [1.82, 2.24) is 10.2 Å². The van der Waals surface area contributed by atoms with Crippen LogP contribution < -0.4 is 5.32 Å². The maximum absolute atomic E-state index is 13.7. The number of hydrogen-bond acceptors (Lipinski definition) is 3. The summed E-state index contributed by atoms with van der Waals surface area (Å²) in [6.07, 6.45) is -1.36. The molecule has 0 aliphatic carbocycles. The molecule has 1 fully saturated rings. The van der Waals surface area contributed by atoms with Crippen LogP contribution in [0.15, 0.2) is 0 Å². The van der Waals surface area contributed by atoms with E-state index in [4.69, 9.17) is 16.3 Å². The third kappa shape index (κ3) is 4.98. The summed E-state index contributed by atoms with van der Waals surface area (Å²) in [5.41, 5.74) is -2.00. The van der Waals surface area contributed by atoms with Crippen molar-refractivity contribution >= 4 is 23.6 Å². The topological polar surface area (TPSA) is 58.6 Å². The molecule has 5 nitrogen and oxygen atoms in total. The largest absolute Gasteiger partial charge is 0.444 e. The lowest BCUT2D eigenvalue weighted by molar-refractivity contribution is -0.119.